The Bertz CT molecular complexity index is 1320. The number of rotatable bonds is 10. The molecule has 0 aliphatic rings. The third kappa shape index (κ3) is 7.94. The van der Waals surface area contributed by atoms with E-state index in [9.17, 15) is 9.59 Å². The highest BCUT2D eigenvalue weighted by atomic mass is 16.5. The van der Waals surface area contributed by atoms with Crippen molar-refractivity contribution in [2.75, 3.05) is 10.6 Å². The zero-order valence-corrected chi connectivity index (χ0v) is 21.3. The van der Waals surface area contributed by atoms with Gasteiger partial charge in [0.1, 0.15) is 18.4 Å². The molecule has 0 saturated carbocycles. The van der Waals surface area contributed by atoms with E-state index in [2.05, 4.69) is 16.0 Å². The lowest BCUT2D eigenvalue weighted by Crippen LogP contribution is -2.46. The molecule has 5 N–H and O–H groups in total. The SMILES string of the molecule is Cc1ccc(NC(=O)C(Cc2ccc(CN)cc2)NC(=O)Nc2ccc(OCc3ccccc3)cc2)cc1. The second kappa shape index (κ2) is 13.1. The average Bonchev–Trinajstić information content (AvgIpc) is 2.94. The van der Waals surface area contributed by atoms with E-state index in [1.165, 1.54) is 0 Å². The fourth-order valence-electron chi connectivity index (χ4n) is 3.82. The van der Waals surface area contributed by atoms with Crippen molar-refractivity contribution in [2.24, 2.45) is 5.73 Å². The standard InChI is InChI=1S/C31H32N4O3/c1-22-7-13-26(14-8-22)33-30(36)29(19-23-9-11-24(20-32)12-10-23)35-31(37)34-27-15-17-28(18-16-27)38-21-25-5-3-2-4-6-25/h2-18,29H,19-21,32H2,1H3,(H,33,36)(H2,34,35,37). The van der Waals surface area contributed by atoms with Gasteiger partial charge in [0.2, 0.25) is 5.91 Å². The van der Waals surface area contributed by atoms with E-state index in [0.717, 1.165) is 22.3 Å². The van der Waals surface area contributed by atoms with E-state index in [1.54, 1.807) is 24.3 Å². The quantitative estimate of drug-likeness (QED) is 0.230. The molecule has 1 atom stereocenters. The Morgan fingerprint density at radius 1 is 0.737 bits per heavy atom. The molecule has 4 aromatic rings. The minimum absolute atomic E-state index is 0.309. The molecular formula is C31H32N4O3. The van der Waals surface area contributed by atoms with Crippen LogP contribution in [0.2, 0.25) is 0 Å². The number of nitrogens with one attached hydrogen (secondary N) is 3. The summed E-state index contributed by atoms with van der Waals surface area (Å²) in [6.45, 7) is 2.87. The Hall–Kier alpha value is -4.62. The molecule has 7 heteroatoms. The lowest BCUT2D eigenvalue weighted by Gasteiger charge is -2.19. The number of benzene rings is 4. The zero-order chi connectivity index (χ0) is 26.7. The molecule has 4 rings (SSSR count). The second-order valence-corrected chi connectivity index (χ2v) is 9.03. The molecule has 194 valence electrons. The van der Waals surface area contributed by atoms with Crippen LogP contribution in [-0.4, -0.2) is 18.0 Å². The largest absolute Gasteiger partial charge is 0.489 e. The number of aryl methyl sites for hydroxylation is 1. The normalized spacial score (nSPS) is 11.3. The zero-order valence-electron chi connectivity index (χ0n) is 21.3. The lowest BCUT2D eigenvalue weighted by atomic mass is 10.0. The van der Waals surface area contributed by atoms with Crippen molar-refractivity contribution in [3.8, 4) is 5.75 Å². The topological polar surface area (TPSA) is 105 Å². The number of amides is 3. The Balaban J connectivity index is 1.38. The number of hydrogen-bond acceptors (Lipinski definition) is 4. The van der Waals surface area contributed by atoms with Gasteiger partial charge in [-0.05, 0) is 60.0 Å². The molecule has 7 nitrogen and oxygen atoms in total. The van der Waals surface area contributed by atoms with Gasteiger partial charge in [0, 0.05) is 24.3 Å². The third-order valence-electron chi connectivity index (χ3n) is 6.00. The summed E-state index contributed by atoms with van der Waals surface area (Å²) in [7, 11) is 0. The van der Waals surface area contributed by atoms with Crippen molar-refractivity contribution in [2.45, 2.75) is 32.5 Å². The van der Waals surface area contributed by atoms with Crippen LogP contribution in [0.4, 0.5) is 16.2 Å². The molecule has 0 bridgehead atoms. The Kier molecular flexibility index (Phi) is 9.10. The second-order valence-electron chi connectivity index (χ2n) is 9.03. The highest BCUT2D eigenvalue weighted by molar-refractivity contribution is 5.99. The highest BCUT2D eigenvalue weighted by Crippen LogP contribution is 2.18. The Morgan fingerprint density at radius 2 is 1.34 bits per heavy atom. The fourth-order valence-corrected chi connectivity index (χ4v) is 3.82. The van der Waals surface area contributed by atoms with E-state index >= 15 is 0 Å². The molecule has 0 aliphatic carbocycles. The number of urea groups is 1. The van der Waals surface area contributed by atoms with Gasteiger partial charge >= 0.3 is 6.03 Å². The predicted molar refractivity (Wildman–Crippen MR) is 151 cm³/mol. The summed E-state index contributed by atoms with van der Waals surface area (Å²) in [5.41, 5.74) is 11.0. The van der Waals surface area contributed by atoms with Gasteiger partial charge in [0.25, 0.3) is 0 Å². The third-order valence-corrected chi connectivity index (χ3v) is 6.00. The van der Waals surface area contributed by atoms with Crippen LogP contribution < -0.4 is 26.4 Å². The maximum atomic E-state index is 13.2. The molecule has 0 fully saturated rings. The van der Waals surface area contributed by atoms with Crippen molar-refractivity contribution in [1.82, 2.24) is 5.32 Å². The van der Waals surface area contributed by atoms with Crippen molar-refractivity contribution in [3.63, 3.8) is 0 Å². The van der Waals surface area contributed by atoms with Gasteiger partial charge in [-0.25, -0.2) is 4.79 Å². The maximum absolute atomic E-state index is 13.2. The summed E-state index contributed by atoms with van der Waals surface area (Å²) >= 11 is 0. The summed E-state index contributed by atoms with van der Waals surface area (Å²) in [6, 6.07) is 30.9. The highest BCUT2D eigenvalue weighted by Gasteiger charge is 2.22. The summed E-state index contributed by atoms with van der Waals surface area (Å²) < 4.78 is 5.81. The van der Waals surface area contributed by atoms with Gasteiger partial charge in [-0.3, -0.25) is 4.79 Å². The van der Waals surface area contributed by atoms with Crippen molar-refractivity contribution in [3.05, 3.63) is 125 Å². The first-order chi connectivity index (χ1) is 18.5. The van der Waals surface area contributed by atoms with Crippen LogP contribution in [0.1, 0.15) is 22.3 Å². The molecule has 38 heavy (non-hydrogen) atoms. The summed E-state index contributed by atoms with van der Waals surface area (Å²) in [4.78, 5) is 26.0. The molecular weight excluding hydrogens is 476 g/mol. The van der Waals surface area contributed by atoms with Crippen LogP contribution >= 0.6 is 0 Å². The number of nitrogens with two attached hydrogens (primary N) is 1. The van der Waals surface area contributed by atoms with Gasteiger partial charge in [0.15, 0.2) is 0 Å². The van der Waals surface area contributed by atoms with Gasteiger partial charge in [-0.15, -0.1) is 0 Å². The molecule has 0 heterocycles. The molecule has 0 spiro atoms. The van der Waals surface area contributed by atoms with E-state index < -0.39 is 12.1 Å². The Labute approximate surface area is 223 Å². The van der Waals surface area contributed by atoms with E-state index in [4.69, 9.17) is 10.5 Å². The molecule has 0 saturated heterocycles. The summed E-state index contributed by atoms with van der Waals surface area (Å²) in [6.07, 6.45) is 0.322. The smallest absolute Gasteiger partial charge is 0.319 e. The number of ether oxygens (including phenoxy) is 1. The first kappa shape index (κ1) is 26.4. The number of carbonyl (C=O) groups excluding carboxylic acids is 2. The average molecular weight is 509 g/mol. The summed E-state index contributed by atoms with van der Waals surface area (Å²) in [5.74, 6) is 0.382. The van der Waals surface area contributed by atoms with Crippen molar-refractivity contribution >= 4 is 23.3 Å². The predicted octanol–water partition coefficient (Wildman–Crippen LogP) is 5.40. The molecule has 0 aromatic heterocycles. The van der Waals surface area contributed by atoms with E-state index in [1.807, 2.05) is 85.8 Å². The molecule has 0 radical (unpaired) electrons. The van der Waals surface area contributed by atoms with E-state index in [0.29, 0.717) is 36.7 Å². The number of anilines is 2. The lowest BCUT2D eigenvalue weighted by molar-refractivity contribution is -0.117. The van der Waals surface area contributed by atoms with Crippen LogP contribution in [0.5, 0.6) is 5.75 Å². The first-order valence-electron chi connectivity index (χ1n) is 12.5. The minimum Gasteiger partial charge on any atom is -0.489 e. The van der Waals surface area contributed by atoms with Gasteiger partial charge in [-0.2, -0.15) is 0 Å². The van der Waals surface area contributed by atoms with E-state index in [-0.39, 0.29) is 5.91 Å². The number of carbonyl (C=O) groups is 2. The van der Waals surface area contributed by atoms with Crippen molar-refractivity contribution in [1.29, 1.82) is 0 Å². The van der Waals surface area contributed by atoms with Gasteiger partial charge < -0.3 is 26.4 Å². The molecule has 0 aliphatic heterocycles. The number of hydrogen-bond donors (Lipinski definition) is 4. The van der Waals surface area contributed by atoms with Crippen LogP contribution in [-0.2, 0) is 24.4 Å². The minimum atomic E-state index is -0.798. The van der Waals surface area contributed by atoms with Gasteiger partial charge in [0.05, 0.1) is 0 Å². The van der Waals surface area contributed by atoms with Crippen LogP contribution in [0.15, 0.2) is 103 Å². The van der Waals surface area contributed by atoms with Crippen LogP contribution in [0.25, 0.3) is 0 Å². The van der Waals surface area contributed by atoms with Crippen LogP contribution in [0, 0.1) is 6.92 Å². The Morgan fingerprint density at radius 3 is 2.00 bits per heavy atom. The maximum Gasteiger partial charge on any atom is 0.319 e. The molecule has 3 amide bonds. The van der Waals surface area contributed by atoms with Crippen LogP contribution in [0.3, 0.4) is 0 Å². The van der Waals surface area contributed by atoms with Gasteiger partial charge in [-0.1, -0.05) is 72.3 Å². The van der Waals surface area contributed by atoms with Crippen molar-refractivity contribution < 1.29 is 14.3 Å². The first-order valence-corrected chi connectivity index (χ1v) is 12.5. The molecule has 4 aromatic carbocycles. The summed E-state index contributed by atoms with van der Waals surface area (Å²) in [5, 5.41) is 8.52. The fraction of sp³-hybridized carbons (Fsp3) is 0.161. The molecule has 1 unspecified atom stereocenters. The monoisotopic (exact) mass is 508 g/mol.